The van der Waals surface area contributed by atoms with E-state index >= 15 is 0 Å². The fourth-order valence-electron chi connectivity index (χ4n) is 3.96. The van der Waals surface area contributed by atoms with Crippen molar-refractivity contribution in [3.63, 3.8) is 0 Å². The van der Waals surface area contributed by atoms with Crippen molar-refractivity contribution in [2.75, 3.05) is 38.0 Å². The summed E-state index contributed by atoms with van der Waals surface area (Å²) in [6, 6.07) is 12.2. The highest BCUT2D eigenvalue weighted by Crippen LogP contribution is 2.23. The van der Waals surface area contributed by atoms with Gasteiger partial charge in [-0.05, 0) is 67.8 Å². The average Bonchev–Trinajstić information content (AvgIpc) is 2.80. The molecular formula is C26H31ClN6O2. The maximum Gasteiger partial charge on any atom is 0.320 e. The predicted molar refractivity (Wildman–Crippen MR) is 138 cm³/mol. The van der Waals surface area contributed by atoms with E-state index in [0.29, 0.717) is 6.54 Å². The number of piperazine rings is 1. The lowest BCUT2D eigenvalue weighted by Gasteiger charge is -2.34. The monoisotopic (exact) mass is 494 g/mol. The molecule has 0 atom stereocenters. The van der Waals surface area contributed by atoms with Gasteiger partial charge in [-0.2, -0.15) is 0 Å². The van der Waals surface area contributed by atoms with Crippen molar-refractivity contribution in [3.05, 3.63) is 65.8 Å². The van der Waals surface area contributed by atoms with Crippen LogP contribution >= 0.6 is 11.6 Å². The third-order valence-corrected chi connectivity index (χ3v) is 5.75. The van der Waals surface area contributed by atoms with E-state index in [-0.39, 0.29) is 11.3 Å². The van der Waals surface area contributed by atoms with E-state index in [1.807, 2.05) is 45.0 Å². The number of hydrogen-bond acceptors (Lipinski definition) is 8. The molecule has 0 unspecified atom stereocenters. The fraction of sp³-hybridized carbons (Fsp3) is 0.385. The van der Waals surface area contributed by atoms with Crippen LogP contribution < -0.4 is 5.32 Å². The molecule has 184 valence electrons. The zero-order chi connectivity index (χ0) is 24.8. The minimum atomic E-state index is -0.445. The highest BCUT2D eigenvalue weighted by molar-refractivity contribution is 6.28. The number of carbonyl (C=O) groups excluding carboxylic acids is 1. The zero-order valence-electron chi connectivity index (χ0n) is 20.4. The third-order valence-electron chi connectivity index (χ3n) is 5.56. The van der Waals surface area contributed by atoms with Crippen molar-refractivity contribution in [3.8, 4) is 11.1 Å². The molecule has 0 amide bonds. The Morgan fingerprint density at radius 2 is 1.71 bits per heavy atom. The molecule has 35 heavy (non-hydrogen) atoms. The number of pyridine rings is 1. The molecule has 1 saturated heterocycles. The van der Waals surface area contributed by atoms with E-state index in [2.05, 4.69) is 42.2 Å². The molecule has 3 heterocycles. The van der Waals surface area contributed by atoms with Crippen molar-refractivity contribution in [2.45, 2.75) is 32.9 Å². The number of benzene rings is 1. The molecule has 1 fully saturated rings. The number of aromatic nitrogens is 3. The van der Waals surface area contributed by atoms with Gasteiger partial charge in [-0.25, -0.2) is 15.0 Å². The van der Waals surface area contributed by atoms with E-state index in [1.165, 1.54) is 5.56 Å². The first-order chi connectivity index (χ1) is 16.7. The number of ether oxygens (including phenoxy) is 1. The molecule has 3 aromatic rings. The highest BCUT2D eigenvalue weighted by Gasteiger charge is 2.22. The van der Waals surface area contributed by atoms with E-state index in [1.54, 1.807) is 18.6 Å². The number of nitrogens with zero attached hydrogens (tertiary/aromatic N) is 5. The van der Waals surface area contributed by atoms with Crippen LogP contribution in [-0.2, 0) is 16.1 Å². The summed E-state index contributed by atoms with van der Waals surface area (Å²) in [6.07, 6.45) is 5.15. The number of nitrogens with one attached hydrogen (secondary N) is 1. The van der Waals surface area contributed by atoms with Gasteiger partial charge in [-0.15, -0.1) is 0 Å². The number of rotatable bonds is 7. The average molecular weight is 495 g/mol. The first-order valence-electron chi connectivity index (χ1n) is 11.7. The second-order valence-electron chi connectivity index (χ2n) is 9.63. The fourth-order valence-corrected chi connectivity index (χ4v) is 4.05. The third kappa shape index (κ3) is 7.71. The van der Waals surface area contributed by atoms with Crippen LogP contribution in [0.2, 0.25) is 5.28 Å². The van der Waals surface area contributed by atoms with Crippen LogP contribution in [0, 0.1) is 0 Å². The Balaban J connectivity index is 1.31. The molecule has 9 heteroatoms. The molecule has 0 aliphatic carbocycles. The van der Waals surface area contributed by atoms with Gasteiger partial charge >= 0.3 is 5.97 Å². The van der Waals surface area contributed by atoms with E-state index in [0.717, 1.165) is 55.4 Å². The summed E-state index contributed by atoms with van der Waals surface area (Å²) in [6.45, 7) is 10.4. The summed E-state index contributed by atoms with van der Waals surface area (Å²) in [5.41, 5.74) is 3.58. The van der Waals surface area contributed by atoms with Crippen molar-refractivity contribution in [1.82, 2.24) is 24.8 Å². The van der Waals surface area contributed by atoms with Gasteiger partial charge in [0.15, 0.2) is 0 Å². The highest BCUT2D eigenvalue weighted by atomic mass is 35.5. The van der Waals surface area contributed by atoms with E-state index < -0.39 is 5.60 Å². The Morgan fingerprint density at radius 3 is 2.43 bits per heavy atom. The molecule has 0 spiro atoms. The number of halogens is 1. The summed E-state index contributed by atoms with van der Waals surface area (Å²) in [5, 5.41) is 3.62. The van der Waals surface area contributed by atoms with Crippen molar-refractivity contribution in [1.29, 1.82) is 0 Å². The van der Waals surface area contributed by atoms with Crippen LogP contribution in [-0.4, -0.2) is 69.0 Å². The summed E-state index contributed by atoms with van der Waals surface area (Å²) < 4.78 is 5.44. The van der Waals surface area contributed by atoms with E-state index in [4.69, 9.17) is 16.3 Å². The van der Waals surface area contributed by atoms with Gasteiger partial charge in [0.2, 0.25) is 5.28 Å². The smallest absolute Gasteiger partial charge is 0.320 e. The Morgan fingerprint density at radius 1 is 1.00 bits per heavy atom. The first kappa shape index (κ1) is 25.0. The summed E-state index contributed by atoms with van der Waals surface area (Å²) >= 11 is 5.80. The lowest BCUT2D eigenvalue weighted by atomic mass is 10.1. The van der Waals surface area contributed by atoms with Crippen LogP contribution in [0.1, 0.15) is 26.3 Å². The van der Waals surface area contributed by atoms with Gasteiger partial charge in [0.1, 0.15) is 11.4 Å². The van der Waals surface area contributed by atoms with Gasteiger partial charge in [-0.3, -0.25) is 14.6 Å². The Hall–Kier alpha value is -3.07. The minimum absolute atomic E-state index is 0.161. The largest absolute Gasteiger partial charge is 0.459 e. The number of anilines is 2. The summed E-state index contributed by atoms with van der Waals surface area (Å²) in [7, 11) is 0. The lowest BCUT2D eigenvalue weighted by molar-refractivity contribution is -0.156. The van der Waals surface area contributed by atoms with E-state index in [9.17, 15) is 4.79 Å². The Kier molecular flexibility index (Phi) is 7.95. The SMILES string of the molecule is CC(C)(C)OC(=O)CN1CCN(Cc2cccc(Nc3cc(-c4cnc(Cl)nc4)ccn3)c2)CC1. The maximum absolute atomic E-state index is 12.1. The molecule has 0 bridgehead atoms. The molecule has 0 radical (unpaired) electrons. The molecule has 1 aromatic carbocycles. The van der Waals surface area contributed by atoms with Gasteiger partial charge in [0, 0.05) is 62.6 Å². The van der Waals surface area contributed by atoms with Crippen LogP contribution in [0.3, 0.4) is 0 Å². The lowest BCUT2D eigenvalue weighted by Crippen LogP contribution is -2.48. The first-order valence-corrected chi connectivity index (χ1v) is 12.1. The van der Waals surface area contributed by atoms with Crippen molar-refractivity contribution in [2.24, 2.45) is 0 Å². The topological polar surface area (TPSA) is 83.5 Å². The van der Waals surface area contributed by atoms with Crippen LogP contribution in [0.15, 0.2) is 55.0 Å². The molecule has 0 saturated carbocycles. The minimum Gasteiger partial charge on any atom is -0.459 e. The van der Waals surface area contributed by atoms with Crippen LogP contribution in [0.5, 0.6) is 0 Å². The number of esters is 1. The quantitative estimate of drug-likeness (QED) is 0.382. The molecule has 1 N–H and O–H groups in total. The maximum atomic E-state index is 12.1. The van der Waals surface area contributed by atoms with Crippen molar-refractivity contribution >= 4 is 29.1 Å². The second-order valence-corrected chi connectivity index (χ2v) is 9.97. The molecule has 8 nitrogen and oxygen atoms in total. The predicted octanol–water partition coefficient (Wildman–Crippen LogP) is 4.39. The van der Waals surface area contributed by atoms with Gasteiger partial charge in [0.05, 0.1) is 6.54 Å². The molecular weight excluding hydrogens is 464 g/mol. The molecule has 4 rings (SSSR count). The van der Waals surface area contributed by atoms with Crippen molar-refractivity contribution < 1.29 is 9.53 Å². The standard InChI is InChI=1S/C26H31ClN6O2/c1-26(2,3)35-24(34)18-33-11-9-32(10-12-33)17-19-5-4-6-22(13-19)31-23-14-20(7-8-28-23)21-15-29-25(27)30-16-21/h4-8,13-16H,9-12,17-18H2,1-3H3,(H,28,31). The molecule has 1 aliphatic rings. The zero-order valence-corrected chi connectivity index (χ0v) is 21.1. The number of hydrogen-bond donors (Lipinski definition) is 1. The van der Waals surface area contributed by atoms with Gasteiger partial charge in [-0.1, -0.05) is 12.1 Å². The second kappa shape index (κ2) is 11.1. The van der Waals surface area contributed by atoms with Gasteiger partial charge in [0.25, 0.3) is 0 Å². The Labute approximate surface area is 211 Å². The van der Waals surface area contributed by atoms with Crippen LogP contribution in [0.25, 0.3) is 11.1 Å². The van der Waals surface area contributed by atoms with Gasteiger partial charge < -0.3 is 10.1 Å². The molecule has 2 aromatic heterocycles. The van der Waals surface area contributed by atoms with Crippen LogP contribution in [0.4, 0.5) is 11.5 Å². The Bertz CT molecular complexity index is 1140. The normalized spacial score (nSPS) is 15.1. The molecule has 1 aliphatic heterocycles. The summed E-state index contributed by atoms with van der Waals surface area (Å²) in [4.78, 5) is 29.2. The summed E-state index contributed by atoms with van der Waals surface area (Å²) in [5.74, 6) is 0.580. The number of carbonyl (C=O) groups is 1.